The van der Waals surface area contributed by atoms with Crippen LogP contribution in [0, 0.1) is 0 Å². The van der Waals surface area contributed by atoms with Crippen molar-refractivity contribution in [2.45, 2.75) is 6.61 Å². The lowest BCUT2D eigenvalue weighted by molar-refractivity contribution is 0.310. The highest BCUT2D eigenvalue weighted by Gasteiger charge is 2.07. The summed E-state index contributed by atoms with van der Waals surface area (Å²) < 4.78 is 5.86. The molecule has 1 aromatic heterocycles. The zero-order chi connectivity index (χ0) is 13.1. The van der Waals surface area contributed by atoms with Gasteiger partial charge in [-0.25, -0.2) is 4.98 Å². The first-order chi connectivity index (χ1) is 9.34. The van der Waals surface area contributed by atoms with E-state index < -0.39 is 0 Å². The van der Waals surface area contributed by atoms with E-state index in [-0.39, 0.29) is 0 Å². The van der Waals surface area contributed by atoms with Gasteiger partial charge in [-0.1, -0.05) is 54.1 Å². The summed E-state index contributed by atoms with van der Waals surface area (Å²) in [6, 6.07) is 17.8. The number of benzene rings is 2. The summed E-state index contributed by atoms with van der Waals surface area (Å²) in [5.41, 5.74) is 1.12. The van der Waals surface area contributed by atoms with Crippen molar-refractivity contribution in [3.63, 3.8) is 0 Å². The molecule has 0 N–H and O–H groups in total. The molecule has 94 valence electrons. The van der Waals surface area contributed by atoms with Gasteiger partial charge < -0.3 is 4.74 Å². The first-order valence-electron chi connectivity index (χ1n) is 6.04. The van der Waals surface area contributed by atoms with Crippen molar-refractivity contribution < 1.29 is 4.74 Å². The van der Waals surface area contributed by atoms with Gasteiger partial charge in [0, 0.05) is 6.20 Å². The molecule has 0 saturated carbocycles. The molecule has 19 heavy (non-hydrogen) atoms. The van der Waals surface area contributed by atoms with Crippen molar-refractivity contribution in [3.05, 3.63) is 71.5 Å². The maximum atomic E-state index is 6.15. The monoisotopic (exact) mass is 269 g/mol. The molecular formula is C16H12ClNO. The summed E-state index contributed by atoms with van der Waals surface area (Å²) >= 11 is 6.15. The van der Waals surface area contributed by atoms with Crippen LogP contribution in [0.4, 0.5) is 0 Å². The Morgan fingerprint density at radius 2 is 1.79 bits per heavy atom. The van der Waals surface area contributed by atoms with E-state index in [0.717, 1.165) is 22.1 Å². The molecule has 0 bridgehead atoms. The average Bonchev–Trinajstić information content (AvgIpc) is 2.46. The van der Waals surface area contributed by atoms with Crippen molar-refractivity contribution in [3.8, 4) is 5.75 Å². The van der Waals surface area contributed by atoms with Gasteiger partial charge >= 0.3 is 0 Å². The van der Waals surface area contributed by atoms with E-state index in [9.17, 15) is 0 Å². The van der Waals surface area contributed by atoms with Crippen LogP contribution in [0.3, 0.4) is 0 Å². The van der Waals surface area contributed by atoms with Crippen LogP contribution in [0.5, 0.6) is 5.75 Å². The van der Waals surface area contributed by atoms with Crippen molar-refractivity contribution >= 4 is 22.4 Å². The van der Waals surface area contributed by atoms with E-state index in [1.165, 1.54) is 0 Å². The first-order valence-corrected chi connectivity index (χ1v) is 6.42. The standard InChI is InChI=1S/C16H12ClNO/c17-16-15-13(9-10-18-16)7-4-8-14(15)19-11-12-5-2-1-3-6-12/h1-10H,11H2. The third kappa shape index (κ3) is 2.54. The molecule has 0 fully saturated rings. The number of pyridine rings is 1. The predicted molar refractivity (Wildman–Crippen MR) is 77.5 cm³/mol. The zero-order valence-electron chi connectivity index (χ0n) is 10.2. The highest BCUT2D eigenvalue weighted by atomic mass is 35.5. The van der Waals surface area contributed by atoms with E-state index in [4.69, 9.17) is 16.3 Å². The zero-order valence-corrected chi connectivity index (χ0v) is 11.0. The first kappa shape index (κ1) is 12.0. The van der Waals surface area contributed by atoms with Gasteiger partial charge in [0.25, 0.3) is 0 Å². The second-order valence-electron chi connectivity index (χ2n) is 4.23. The Bertz CT molecular complexity index is 692. The van der Waals surface area contributed by atoms with Crippen molar-refractivity contribution in [2.75, 3.05) is 0 Å². The summed E-state index contributed by atoms with van der Waals surface area (Å²) in [5.74, 6) is 0.763. The van der Waals surface area contributed by atoms with Gasteiger partial charge in [0.05, 0.1) is 5.39 Å². The SMILES string of the molecule is Clc1nccc2cccc(OCc3ccccc3)c12. The summed E-state index contributed by atoms with van der Waals surface area (Å²) in [7, 11) is 0. The molecule has 0 aliphatic heterocycles. The summed E-state index contributed by atoms with van der Waals surface area (Å²) in [5, 5.41) is 2.37. The van der Waals surface area contributed by atoms with Crippen LogP contribution in [0.15, 0.2) is 60.8 Å². The molecule has 3 heteroatoms. The molecule has 0 aliphatic carbocycles. The Labute approximate surface area is 116 Å². The molecule has 0 unspecified atom stereocenters. The van der Waals surface area contributed by atoms with Crippen LogP contribution in [0.2, 0.25) is 5.15 Å². The molecule has 0 amide bonds. The Hall–Kier alpha value is -2.06. The van der Waals surface area contributed by atoms with E-state index in [1.807, 2.05) is 54.6 Å². The van der Waals surface area contributed by atoms with Gasteiger partial charge in [-0.3, -0.25) is 0 Å². The summed E-state index contributed by atoms with van der Waals surface area (Å²) in [4.78, 5) is 4.11. The van der Waals surface area contributed by atoms with Gasteiger partial charge in [-0.15, -0.1) is 0 Å². The fraction of sp³-hybridized carbons (Fsp3) is 0.0625. The Morgan fingerprint density at radius 1 is 0.947 bits per heavy atom. The quantitative estimate of drug-likeness (QED) is 0.655. The third-order valence-electron chi connectivity index (χ3n) is 2.94. The minimum absolute atomic E-state index is 0.473. The lowest BCUT2D eigenvalue weighted by atomic mass is 10.1. The number of ether oxygens (including phenoxy) is 1. The normalized spacial score (nSPS) is 10.6. The highest BCUT2D eigenvalue weighted by molar-refractivity contribution is 6.34. The number of halogens is 1. The molecular weight excluding hydrogens is 258 g/mol. The topological polar surface area (TPSA) is 22.1 Å². The van der Waals surface area contributed by atoms with Gasteiger partial charge in [0.15, 0.2) is 0 Å². The number of hydrogen-bond donors (Lipinski definition) is 0. The predicted octanol–water partition coefficient (Wildman–Crippen LogP) is 4.47. The van der Waals surface area contributed by atoms with Crippen LogP contribution >= 0.6 is 11.6 Å². The van der Waals surface area contributed by atoms with Gasteiger partial charge in [0.1, 0.15) is 17.5 Å². The van der Waals surface area contributed by atoms with Crippen LogP contribution in [-0.4, -0.2) is 4.98 Å². The number of rotatable bonds is 3. The fourth-order valence-corrected chi connectivity index (χ4v) is 2.27. The largest absolute Gasteiger partial charge is 0.488 e. The Morgan fingerprint density at radius 3 is 2.63 bits per heavy atom. The van der Waals surface area contributed by atoms with E-state index >= 15 is 0 Å². The minimum atomic E-state index is 0.473. The molecule has 3 aromatic rings. The maximum absolute atomic E-state index is 6.15. The second-order valence-corrected chi connectivity index (χ2v) is 4.59. The molecule has 0 spiro atoms. The van der Waals surface area contributed by atoms with Crippen molar-refractivity contribution in [2.24, 2.45) is 0 Å². The Balaban J connectivity index is 1.93. The fourth-order valence-electron chi connectivity index (χ4n) is 2.01. The number of aromatic nitrogens is 1. The van der Waals surface area contributed by atoms with Crippen LogP contribution in [-0.2, 0) is 6.61 Å². The smallest absolute Gasteiger partial charge is 0.140 e. The minimum Gasteiger partial charge on any atom is -0.488 e. The molecule has 0 atom stereocenters. The molecule has 2 aromatic carbocycles. The summed E-state index contributed by atoms with van der Waals surface area (Å²) in [6.45, 7) is 0.519. The van der Waals surface area contributed by atoms with E-state index in [1.54, 1.807) is 6.20 Å². The second kappa shape index (κ2) is 5.29. The maximum Gasteiger partial charge on any atom is 0.140 e. The van der Waals surface area contributed by atoms with Crippen LogP contribution < -0.4 is 4.74 Å². The molecule has 1 heterocycles. The van der Waals surface area contributed by atoms with Crippen LogP contribution in [0.25, 0.3) is 10.8 Å². The van der Waals surface area contributed by atoms with Crippen molar-refractivity contribution in [1.82, 2.24) is 4.98 Å². The average molecular weight is 270 g/mol. The van der Waals surface area contributed by atoms with Gasteiger partial charge in [-0.05, 0) is 23.1 Å². The molecule has 0 aliphatic rings. The van der Waals surface area contributed by atoms with E-state index in [0.29, 0.717) is 11.8 Å². The van der Waals surface area contributed by atoms with Gasteiger partial charge in [0.2, 0.25) is 0 Å². The molecule has 2 nitrogen and oxygen atoms in total. The van der Waals surface area contributed by atoms with Crippen LogP contribution in [0.1, 0.15) is 5.56 Å². The Kier molecular flexibility index (Phi) is 3.34. The highest BCUT2D eigenvalue weighted by Crippen LogP contribution is 2.30. The molecule has 3 rings (SSSR count). The van der Waals surface area contributed by atoms with Gasteiger partial charge in [-0.2, -0.15) is 0 Å². The number of nitrogens with zero attached hydrogens (tertiary/aromatic N) is 1. The summed E-state index contributed by atoms with van der Waals surface area (Å²) in [6.07, 6.45) is 1.70. The molecule has 0 radical (unpaired) electrons. The lowest BCUT2D eigenvalue weighted by Gasteiger charge is -2.10. The van der Waals surface area contributed by atoms with E-state index in [2.05, 4.69) is 4.98 Å². The molecule has 0 saturated heterocycles. The third-order valence-corrected chi connectivity index (χ3v) is 3.23. The number of fused-ring (bicyclic) bond motifs is 1. The van der Waals surface area contributed by atoms with Crippen molar-refractivity contribution in [1.29, 1.82) is 0 Å². The number of hydrogen-bond acceptors (Lipinski definition) is 2. The lowest BCUT2D eigenvalue weighted by Crippen LogP contribution is -1.96.